The quantitative estimate of drug-likeness (QED) is 0.426. The standard InChI is InChI=1S/C25H28ClN4O3/c1-3-4-12-21(30(2)24(31)28-16-20-11-7-8-13-22(20)26)17-33-25(32)29-23-14-18-9-5-6-10-19(18)15-27-23/h5-11,13-15,21H,1,3-4,12,16-17H2,2H3,(H,28,31)(H,27,29,32)/t21-/m0/s1. The number of hydrogen-bond donors (Lipinski definition) is 2. The molecule has 3 rings (SSSR count). The van der Waals surface area contributed by atoms with Gasteiger partial charge < -0.3 is 15.0 Å². The third-order valence-electron chi connectivity index (χ3n) is 5.31. The smallest absolute Gasteiger partial charge is 0.412 e. The predicted molar refractivity (Wildman–Crippen MR) is 131 cm³/mol. The van der Waals surface area contributed by atoms with Gasteiger partial charge in [-0.1, -0.05) is 73.8 Å². The van der Waals surface area contributed by atoms with E-state index < -0.39 is 6.09 Å². The van der Waals surface area contributed by atoms with Crippen LogP contribution in [0.4, 0.5) is 15.4 Å². The number of amides is 3. The maximum atomic E-state index is 12.7. The minimum absolute atomic E-state index is 0.0510. The zero-order valence-corrected chi connectivity index (χ0v) is 19.3. The molecule has 1 atom stereocenters. The lowest BCUT2D eigenvalue weighted by Gasteiger charge is -2.28. The number of aromatic nitrogens is 1. The fourth-order valence-corrected chi connectivity index (χ4v) is 3.54. The van der Waals surface area contributed by atoms with Crippen LogP contribution in [0.15, 0.2) is 60.8 Å². The summed E-state index contributed by atoms with van der Waals surface area (Å²) < 4.78 is 5.42. The van der Waals surface area contributed by atoms with E-state index in [4.69, 9.17) is 16.3 Å². The van der Waals surface area contributed by atoms with Gasteiger partial charge in [-0.05, 0) is 29.5 Å². The lowest BCUT2D eigenvalue weighted by Crippen LogP contribution is -2.45. The number of hydrogen-bond acceptors (Lipinski definition) is 4. The number of carbonyl (C=O) groups is 2. The number of carbonyl (C=O) groups excluding carboxylic acids is 2. The van der Waals surface area contributed by atoms with Gasteiger partial charge in [0, 0.05) is 30.2 Å². The first-order chi connectivity index (χ1) is 16.0. The Bertz CT molecular complexity index is 1090. The molecule has 0 aliphatic rings. The van der Waals surface area contributed by atoms with Crippen LogP contribution in [0, 0.1) is 6.92 Å². The average molecular weight is 468 g/mol. The monoisotopic (exact) mass is 467 g/mol. The average Bonchev–Trinajstić information content (AvgIpc) is 2.83. The van der Waals surface area contributed by atoms with Crippen molar-refractivity contribution in [3.8, 4) is 0 Å². The van der Waals surface area contributed by atoms with Crippen LogP contribution in [0.3, 0.4) is 0 Å². The minimum Gasteiger partial charge on any atom is -0.447 e. The normalized spacial score (nSPS) is 11.6. The van der Waals surface area contributed by atoms with E-state index in [9.17, 15) is 9.59 Å². The summed E-state index contributed by atoms with van der Waals surface area (Å²) in [4.78, 5) is 30.8. The molecule has 173 valence electrons. The summed E-state index contributed by atoms with van der Waals surface area (Å²) in [5.41, 5.74) is 0.828. The molecule has 1 heterocycles. The molecule has 3 amide bonds. The Morgan fingerprint density at radius 1 is 1.15 bits per heavy atom. The first-order valence-corrected chi connectivity index (χ1v) is 11.2. The number of nitrogens with one attached hydrogen (secondary N) is 2. The molecule has 0 saturated heterocycles. The molecule has 0 spiro atoms. The largest absolute Gasteiger partial charge is 0.447 e. The molecule has 0 fully saturated rings. The number of rotatable bonds is 9. The highest BCUT2D eigenvalue weighted by Gasteiger charge is 2.21. The topological polar surface area (TPSA) is 83.6 Å². The molecule has 2 N–H and O–H groups in total. The van der Waals surface area contributed by atoms with Crippen molar-refractivity contribution in [2.45, 2.75) is 31.8 Å². The first kappa shape index (κ1) is 24.3. The molecule has 0 aliphatic heterocycles. The molecule has 2 aromatic carbocycles. The van der Waals surface area contributed by atoms with E-state index in [0.29, 0.717) is 23.8 Å². The number of fused-ring (bicyclic) bond motifs is 1. The minimum atomic E-state index is -0.623. The highest BCUT2D eigenvalue weighted by atomic mass is 35.5. The summed E-state index contributed by atoms with van der Waals surface area (Å²) in [6.07, 6.45) is 3.24. The van der Waals surface area contributed by atoms with Gasteiger partial charge in [0.1, 0.15) is 12.4 Å². The Kier molecular flexibility index (Phi) is 8.89. The van der Waals surface area contributed by atoms with Crippen molar-refractivity contribution in [1.29, 1.82) is 0 Å². The number of anilines is 1. The van der Waals surface area contributed by atoms with Gasteiger partial charge in [-0.3, -0.25) is 5.32 Å². The Labute approximate surface area is 199 Å². The van der Waals surface area contributed by atoms with Gasteiger partial charge in [0.05, 0.1) is 6.04 Å². The molecule has 1 aromatic heterocycles. The third-order valence-corrected chi connectivity index (χ3v) is 5.68. The molecule has 0 aliphatic carbocycles. The Balaban J connectivity index is 1.55. The highest BCUT2D eigenvalue weighted by molar-refractivity contribution is 6.31. The van der Waals surface area contributed by atoms with E-state index in [1.54, 1.807) is 30.3 Å². The lowest BCUT2D eigenvalue weighted by atomic mass is 10.1. The number of halogens is 1. The van der Waals surface area contributed by atoms with E-state index in [1.165, 1.54) is 0 Å². The molecule has 8 heteroatoms. The van der Waals surface area contributed by atoms with Crippen molar-refractivity contribution in [2.75, 3.05) is 19.0 Å². The maximum absolute atomic E-state index is 12.7. The first-order valence-electron chi connectivity index (χ1n) is 10.8. The van der Waals surface area contributed by atoms with Crippen molar-refractivity contribution < 1.29 is 14.3 Å². The Morgan fingerprint density at radius 2 is 1.88 bits per heavy atom. The molecule has 3 aromatic rings. The second kappa shape index (κ2) is 12.1. The van der Waals surface area contributed by atoms with Crippen LogP contribution in [-0.2, 0) is 11.3 Å². The fourth-order valence-electron chi connectivity index (χ4n) is 3.34. The second-order valence-corrected chi connectivity index (χ2v) is 8.06. The van der Waals surface area contributed by atoms with E-state index in [0.717, 1.165) is 29.2 Å². The molecule has 7 nitrogen and oxygen atoms in total. The third kappa shape index (κ3) is 7.08. The van der Waals surface area contributed by atoms with Gasteiger partial charge >= 0.3 is 12.1 Å². The van der Waals surface area contributed by atoms with E-state index in [1.807, 2.05) is 42.5 Å². The summed E-state index contributed by atoms with van der Waals surface area (Å²) in [5, 5.41) is 8.05. The molecular weight excluding hydrogens is 440 g/mol. The summed E-state index contributed by atoms with van der Waals surface area (Å²) in [5.74, 6) is 0.402. The van der Waals surface area contributed by atoms with Crippen LogP contribution in [0.2, 0.25) is 5.02 Å². The number of nitrogens with zero attached hydrogens (tertiary/aromatic N) is 2. The summed E-state index contributed by atoms with van der Waals surface area (Å²) in [6.45, 7) is 4.22. The maximum Gasteiger partial charge on any atom is 0.412 e. The predicted octanol–water partition coefficient (Wildman–Crippen LogP) is 5.65. The van der Waals surface area contributed by atoms with Gasteiger partial charge in [-0.2, -0.15) is 0 Å². The van der Waals surface area contributed by atoms with E-state index in [-0.39, 0.29) is 18.7 Å². The van der Waals surface area contributed by atoms with Crippen molar-refractivity contribution in [1.82, 2.24) is 15.2 Å². The van der Waals surface area contributed by atoms with Gasteiger partial charge in [-0.15, -0.1) is 0 Å². The van der Waals surface area contributed by atoms with Crippen LogP contribution in [0.25, 0.3) is 10.8 Å². The van der Waals surface area contributed by atoms with Crippen molar-refractivity contribution >= 4 is 40.3 Å². The highest BCUT2D eigenvalue weighted by Crippen LogP contribution is 2.17. The number of urea groups is 1. The van der Waals surface area contributed by atoms with Gasteiger partial charge in [0.25, 0.3) is 0 Å². The Morgan fingerprint density at radius 3 is 2.64 bits per heavy atom. The van der Waals surface area contributed by atoms with E-state index in [2.05, 4.69) is 22.5 Å². The van der Waals surface area contributed by atoms with Crippen molar-refractivity contribution in [3.05, 3.63) is 78.3 Å². The number of benzene rings is 2. The zero-order valence-electron chi connectivity index (χ0n) is 18.6. The number of unbranched alkanes of at least 4 members (excludes halogenated alkanes) is 1. The molecule has 33 heavy (non-hydrogen) atoms. The second-order valence-electron chi connectivity index (χ2n) is 7.65. The number of likely N-dealkylation sites (N-methyl/N-ethyl adjacent to an activating group) is 1. The summed E-state index contributed by atoms with van der Waals surface area (Å²) in [7, 11) is 1.68. The van der Waals surface area contributed by atoms with E-state index >= 15 is 0 Å². The van der Waals surface area contributed by atoms with Gasteiger partial charge in [0.15, 0.2) is 0 Å². The molecular formula is C25H28ClN4O3. The SMILES string of the molecule is [CH2]CCC[C@@H](COC(=O)Nc1cc2ccccc2cn1)N(C)C(=O)NCc1ccccc1Cl. The Hall–Kier alpha value is -3.32. The van der Waals surface area contributed by atoms with Crippen LogP contribution < -0.4 is 10.6 Å². The molecule has 0 unspecified atom stereocenters. The van der Waals surface area contributed by atoms with Crippen LogP contribution in [-0.4, -0.2) is 41.7 Å². The van der Waals surface area contributed by atoms with Crippen molar-refractivity contribution in [3.63, 3.8) is 0 Å². The number of ether oxygens (including phenoxy) is 1. The molecule has 1 radical (unpaired) electrons. The van der Waals surface area contributed by atoms with Gasteiger partial charge in [0.2, 0.25) is 0 Å². The van der Waals surface area contributed by atoms with Crippen LogP contribution >= 0.6 is 11.6 Å². The van der Waals surface area contributed by atoms with Gasteiger partial charge in [-0.25, -0.2) is 14.6 Å². The summed E-state index contributed by atoms with van der Waals surface area (Å²) >= 11 is 6.16. The summed E-state index contributed by atoms with van der Waals surface area (Å²) in [6, 6.07) is 16.3. The molecule has 0 saturated carbocycles. The van der Waals surface area contributed by atoms with Crippen LogP contribution in [0.1, 0.15) is 24.8 Å². The lowest BCUT2D eigenvalue weighted by molar-refractivity contribution is 0.113. The zero-order chi connectivity index (χ0) is 23.6. The van der Waals surface area contributed by atoms with Crippen molar-refractivity contribution in [2.24, 2.45) is 0 Å². The number of pyridine rings is 1. The van der Waals surface area contributed by atoms with Crippen LogP contribution in [0.5, 0.6) is 0 Å². The molecule has 0 bridgehead atoms. The fraction of sp³-hybridized carbons (Fsp3) is 0.280.